The molecule has 0 radical (unpaired) electrons. The van der Waals surface area contributed by atoms with Gasteiger partial charge < -0.3 is 15.6 Å². The van der Waals surface area contributed by atoms with Crippen LogP contribution in [0.15, 0.2) is 29.1 Å². The number of hydrogen-bond donors (Lipinski definition) is 2. The largest absolute Gasteiger partial charge is 0.399 e. The van der Waals surface area contributed by atoms with Crippen LogP contribution in [-0.2, 0) is 6.54 Å². The maximum atomic E-state index is 12.7. The van der Waals surface area contributed by atoms with Crippen molar-refractivity contribution in [1.82, 2.24) is 10.1 Å². The molecule has 0 amide bonds. The first-order valence-electron chi connectivity index (χ1n) is 4.83. The van der Waals surface area contributed by atoms with Crippen molar-refractivity contribution >= 4 is 11.4 Å². The van der Waals surface area contributed by atoms with E-state index < -0.39 is 6.43 Å². The van der Waals surface area contributed by atoms with Gasteiger partial charge in [0.05, 0.1) is 6.54 Å². The summed E-state index contributed by atoms with van der Waals surface area (Å²) in [4.78, 5) is 3.77. The van der Waals surface area contributed by atoms with Gasteiger partial charge in [-0.1, -0.05) is 5.16 Å². The van der Waals surface area contributed by atoms with Gasteiger partial charge >= 0.3 is 0 Å². The lowest BCUT2D eigenvalue weighted by atomic mass is 10.1. The van der Waals surface area contributed by atoms with E-state index in [-0.39, 0.29) is 12.1 Å². The molecule has 0 saturated heterocycles. The molecule has 5 nitrogen and oxygen atoms in total. The minimum atomic E-state index is -2.59. The molecule has 0 saturated carbocycles. The Morgan fingerprint density at radius 1 is 1.41 bits per heavy atom. The molecule has 0 aliphatic carbocycles. The van der Waals surface area contributed by atoms with Gasteiger partial charge in [0.15, 0.2) is 5.82 Å². The molecule has 0 aliphatic rings. The smallest absolute Gasteiger partial charge is 0.265 e. The third kappa shape index (κ3) is 2.68. The van der Waals surface area contributed by atoms with Gasteiger partial charge in [-0.05, 0) is 18.2 Å². The minimum Gasteiger partial charge on any atom is -0.399 e. The van der Waals surface area contributed by atoms with E-state index in [4.69, 9.17) is 5.73 Å². The Labute approximate surface area is 95.6 Å². The number of nitrogens with two attached hydrogens (primary N) is 1. The average molecular weight is 240 g/mol. The van der Waals surface area contributed by atoms with Gasteiger partial charge in [-0.3, -0.25) is 0 Å². The summed E-state index contributed by atoms with van der Waals surface area (Å²) < 4.78 is 30.0. The van der Waals surface area contributed by atoms with Gasteiger partial charge in [-0.15, -0.1) is 0 Å². The number of hydrogen-bond acceptors (Lipinski definition) is 5. The van der Waals surface area contributed by atoms with E-state index in [0.29, 0.717) is 17.2 Å². The summed E-state index contributed by atoms with van der Waals surface area (Å²) in [6.07, 6.45) is -1.42. The number of rotatable bonds is 4. The highest BCUT2D eigenvalue weighted by molar-refractivity contribution is 5.58. The molecule has 2 rings (SSSR count). The van der Waals surface area contributed by atoms with E-state index in [1.165, 1.54) is 18.5 Å². The molecule has 90 valence electrons. The number of nitrogen functional groups attached to an aromatic ring is 1. The molecule has 1 heterocycles. The van der Waals surface area contributed by atoms with Crippen LogP contribution >= 0.6 is 0 Å². The first kappa shape index (κ1) is 11.3. The van der Waals surface area contributed by atoms with E-state index in [0.717, 1.165) is 0 Å². The molecule has 0 spiro atoms. The molecule has 1 aromatic carbocycles. The van der Waals surface area contributed by atoms with E-state index in [1.54, 1.807) is 6.07 Å². The highest BCUT2D eigenvalue weighted by Crippen LogP contribution is 2.29. The van der Waals surface area contributed by atoms with E-state index in [9.17, 15) is 8.78 Å². The van der Waals surface area contributed by atoms with Gasteiger partial charge in [0.2, 0.25) is 6.39 Å². The Kier molecular flexibility index (Phi) is 3.17. The number of nitrogens with one attached hydrogen (secondary N) is 1. The molecular formula is C10H10F2N4O. The summed E-state index contributed by atoms with van der Waals surface area (Å²) in [5, 5.41) is 6.37. The van der Waals surface area contributed by atoms with Crippen LogP contribution in [-0.4, -0.2) is 10.1 Å². The fraction of sp³-hybridized carbons (Fsp3) is 0.200. The quantitative estimate of drug-likeness (QED) is 0.801. The van der Waals surface area contributed by atoms with E-state index in [2.05, 4.69) is 20.0 Å². The zero-order chi connectivity index (χ0) is 12.3. The maximum absolute atomic E-state index is 12.7. The molecule has 1 aromatic heterocycles. The Morgan fingerprint density at radius 3 is 2.88 bits per heavy atom. The molecule has 2 aromatic rings. The monoisotopic (exact) mass is 240 g/mol. The third-order valence-electron chi connectivity index (χ3n) is 2.15. The zero-order valence-corrected chi connectivity index (χ0v) is 8.73. The fourth-order valence-corrected chi connectivity index (χ4v) is 1.37. The second-order valence-electron chi connectivity index (χ2n) is 3.35. The minimum absolute atomic E-state index is 0.145. The summed E-state index contributed by atoms with van der Waals surface area (Å²) in [6, 6.07) is 4.28. The second-order valence-corrected chi connectivity index (χ2v) is 3.35. The lowest BCUT2D eigenvalue weighted by Gasteiger charge is -2.10. The molecule has 17 heavy (non-hydrogen) atoms. The predicted molar refractivity (Wildman–Crippen MR) is 57.4 cm³/mol. The Balaban J connectivity index is 2.14. The Hall–Kier alpha value is -2.18. The Morgan fingerprint density at radius 2 is 2.24 bits per heavy atom. The normalized spacial score (nSPS) is 10.8. The highest BCUT2D eigenvalue weighted by Gasteiger charge is 2.13. The average Bonchev–Trinajstić information content (AvgIpc) is 2.80. The molecule has 3 N–H and O–H groups in total. The van der Waals surface area contributed by atoms with E-state index in [1.807, 2.05) is 0 Å². The first-order chi connectivity index (χ1) is 8.16. The van der Waals surface area contributed by atoms with Crippen LogP contribution < -0.4 is 11.1 Å². The highest BCUT2D eigenvalue weighted by atomic mass is 19.3. The van der Waals surface area contributed by atoms with Gasteiger partial charge in [0.1, 0.15) is 0 Å². The third-order valence-corrected chi connectivity index (χ3v) is 2.15. The van der Waals surface area contributed by atoms with Crippen LogP contribution in [0.3, 0.4) is 0 Å². The van der Waals surface area contributed by atoms with Gasteiger partial charge in [0, 0.05) is 16.9 Å². The standard InChI is InChI=1S/C10H10F2N4O/c11-10(12)7-3-6(13)1-2-8(7)14-4-9-15-5-17-16-9/h1-3,5,10,14H,4,13H2. The molecule has 7 heteroatoms. The van der Waals surface area contributed by atoms with Crippen molar-refractivity contribution < 1.29 is 13.3 Å². The zero-order valence-electron chi connectivity index (χ0n) is 8.73. The second kappa shape index (κ2) is 4.77. The number of anilines is 2. The summed E-state index contributed by atoms with van der Waals surface area (Å²) in [5.41, 5.74) is 5.91. The summed E-state index contributed by atoms with van der Waals surface area (Å²) in [5.74, 6) is 0.391. The molecule has 0 unspecified atom stereocenters. The number of aromatic nitrogens is 2. The van der Waals surface area contributed by atoms with Crippen LogP contribution in [0.4, 0.5) is 20.2 Å². The van der Waals surface area contributed by atoms with Crippen molar-refractivity contribution in [2.75, 3.05) is 11.1 Å². The van der Waals surface area contributed by atoms with Crippen LogP contribution in [0.5, 0.6) is 0 Å². The van der Waals surface area contributed by atoms with Crippen molar-refractivity contribution in [3.8, 4) is 0 Å². The molecular weight excluding hydrogens is 230 g/mol. The van der Waals surface area contributed by atoms with Gasteiger partial charge in [-0.25, -0.2) is 8.78 Å². The van der Waals surface area contributed by atoms with Crippen molar-refractivity contribution in [1.29, 1.82) is 0 Å². The Bertz CT molecular complexity index is 487. The van der Waals surface area contributed by atoms with Crippen molar-refractivity contribution in [3.05, 3.63) is 36.0 Å². The van der Waals surface area contributed by atoms with Crippen LogP contribution in [0.2, 0.25) is 0 Å². The summed E-state index contributed by atoms with van der Waals surface area (Å²) in [7, 11) is 0. The van der Waals surface area contributed by atoms with Crippen LogP contribution in [0.1, 0.15) is 17.8 Å². The molecule has 0 fully saturated rings. The fourth-order valence-electron chi connectivity index (χ4n) is 1.37. The summed E-state index contributed by atoms with van der Waals surface area (Å²) >= 11 is 0. The lowest BCUT2D eigenvalue weighted by molar-refractivity contribution is 0.152. The number of benzene rings is 1. The van der Waals surface area contributed by atoms with Gasteiger partial charge in [-0.2, -0.15) is 4.98 Å². The molecule has 0 atom stereocenters. The number of halogens is 2. The van der Waals surface area contributed by atoms with Crippen molar-refractivity contribution in [2.45, 2.75) is 13.0 Å². The number of nitrogens with zero attached hydrogens (tertiary/aromatic N) is 2. The van der Waals surface area contributed by atoms with Crippen molar-refractivity contribution in [2.24, 2.45) is 0 Å². The molecule has 0 aliphatic heterocycles. The number of alkyl halides is 2. The molecule has 0 bridgehead atoms. The first-order valence-corrected chi connectivity index (χ1v) is 4.83. The van der Waals surface area contributed by atoms with Gasteiger partial charge in [0.25, 0.3) is 6.43 Å². The van der Waals surface area contributed by atoms with Crippen LogP contribution in [0, 0.1) is 0 Å². The maximum Gasteiger partial charge on any atom is 0.265 e. The van der Waals surface area contributed by atoms with E-state index >= 15 is 0 Å². The van der Waals surface area contributed by atoms with Crippen molar-refractivity contribution in [3.63, 3.8) is 0 Å². The van der Waals surface area contributed by atoms with Crippen LogP contribution in [0.25, 0.3) is 0 Å². The lowest BCUT2D eigenvalue weighted by Crippen LogP contribution is -2.04. The summed E-state index contributed by atoms with van der Waals surface area (Å²) in [6.45, 7) is 0.208. The predicted octanol–water partition coefficient (Wildman–Crippen LogP) is 2.20. The SMILES string of the molecule is Nc1ccc(NCc2ncon2)c(C(F)F)c1. The topological polar surface area (TPSA) is 77.0 Å².